The average molecular weight is 196 g/mol. The quantitative estimate of drug-likeness (QED) is 0.775. The van der Waals surface area contributed by atoms with Gasteiger partial charge in [-0.2, -0.15) is 0 Å². The molecule has 0 aromatic carbocycles. The Kier molecular flexibility index (Phi) is 2.07. The predicted octanol–water partition coefficient (Wildman–Crippen LogP) is 1.33. The molecule has 1 aliphatic heterocycles. The summed E-state index contributed by atoms with van der Waals surface area (Å²) in [6, 6.07) is 3.50. The smallest absolute Gasteiger partial charge is 0.319 e. The van der Waals surface area contributed by atoms with Crippen LogP contribution in [0.25, 0.3) is 0 Å². The van der Waals surface area contributed by atoms with Crippen molar-refractivity contribution in [3.05, 3.63) is 23.7 Å². The zero-order valence-corrected chi connectivity index (χ0v) is 7.95. The van der Waals surface area contributed by atoms with Gasteiger partial charge in [0.1, 0.15) is 11.5 Å². The van der Waals surface area contributed by atoms with E-state index in [1.807, 2.05) is 0 Å². The number of carbonyl (C=O) groups is 1. The maximum absolute atomic E-state index is 11.2. The normalized spacial score (nSPS) is 26.6. The van der Waals surface area contributed by atoms with Crippen LogP contribution in [0.15, 0.2) is 16.5 Å². The Labute approximate surface area is 81.5 Å². The van der Waals surface area contributed by atoms with Crippen molar-refractivity contribution in [2.75, 3.05) is 13.2 Å². The molecule has 76 valence electrons. The number of ether oxygens (including phenoxy) is 1. The third-order valence-electron chi connectivity index (χ3n) is 2.64. The molecule has 0 spiro atoms. The van der Waals surface area contributed by atoms with Crippen molar-refractivity contribution in [2.24, 2.45) is 0 Å². The van der Waals surface area contributed by atoms with Crippen LogP contribution in [0.1, 0.15) is 17.9 Å². The molecule has 1 atom stereocenters. The van der Waals surface area contributed by atoms with Crippen LogP contribution in [0, 0.1) is 6.92 Å². The zero-order valence-electron chi connectivity index (χ0n) is 7.95. The van der Waals surface area contributed by atoms with E-state index < -0.39 is 11.4 Å². The molecule has 2 rings (SSSR count). The number of carboxylic acid groups (broad SMARTS) is 1. The molecule has 0 amide bonds. The Morgan fingerprint density at radius 3 is 2.79 bits per heavy atom. The molecule has 1 aliphatic rings. The lowest BCUT2D eigenvalue weighted by Gasteiger charge is -2.18. The third kappa shape index (κ3) is 1.23. The van der Waals surface area contributed by atoms with Gasteiger partial charge in [-0.1, -0.05) is 0 Å². The number of aryl methyl sites for hydroxylation is 1. The van der Waals surface area contributed by atoms with Gasteiger partial charge in [-0.05, 0) is 25.5 Å². The summed E-state index contributed by atoms with van der Waals surface area (Å²) >= 11 is 0. The molecule has 1 saturated heterocycles. The Morgan fingerprint density at radius 1 is 1.57 bits per heavy atom. The van der Waals surface area contributed by atoms with Gasteiger partial charge in [-0.3, -0.25) is 4.79 Å². The molecule has 2 heterocycles. The Bertz CT molecular complexity index is 347. The molecular weight excluding hydrogens is 184 g/mol. The highest BCUT2D eigenvalue weighted by Crippen LogP contribution is 2.34. The highest BCUT2D eigenvalue weighted by molar-refractivity contribution is 5.81. The number of carboxylic acids is 1. The predicted molar refractivity (Wildman–Crippen MR) is 48.2 cm³/mol. The van der Waals surface area contributed by atoms with Crippen LogP contribution in [-0.2, 0) is 14.9 Å². The summed E-state index contributed by atoms with van der Waals surface area (Å²) in [4.78, 5) is 11.2. The van der Waals surface area contributed by atoms with Crippen LogP contribution in [0.5, 0.6) is 0 Å². The Morgan fingerprint density at radius 2 is 2.36 bits per heavy atom. The maximum Gasteiger partial charge on any atom is 0.319 e. The van der Waals surface area contributed by atoms with Crippen LogP contribution in [0.3, 0.4) is 0 Å². The highest BCUT2D eigenvalue weighted by atomic mass is 16.5. The molecule has 0 bridgehead atoms. The molecule has 0 radical (unpaired) electrons. The minimum absolute atomic E-state index is 0.204. The van der Waals surface area contributed by atoms with Crippen molar-refractivity contribution in [3.8, 4) is 0 Å². The molecule has 1 aromatic heterocycles. The highest BCUT2D eigenvalue weighted by Gasteiger charge is 2.46. The van der Waals surface area contributed by atoms with Crippen molar-refractivity contribution < 1.29 is 19.1 Å². The zero-order chi connectivity index (χ0) is 10.2. The second-order valence-electron chi connectivity index (χ2n) is 3.60. The van der Waals surface area contributed by atoms with E-state index in [0.29, 0.717) is 18.8 Å². The Balaban J connectivity index is 2.41. The van der Waals surface area contributed by atoms with Gasteiger partial charge >= 0.3 is 5.97 Å². The van der Waals surface area contributed by atoms with Gasteiger partial charge in [0.05, 0.1) is 6.61 Å². The van der Waals surface area contributed by atoms with Gasteiger partial charge in [0, 0.05) is 6.61 Å². The summed E-state index contributed by atoms with van der Waals surface area (Å²) in [5, 5.41) is 9.19. The van der Waals surface area contributed by atoms with Crippen molar-refractivity contribution in [1.29, 1.82) is 0 Å². The van der Waals surface area contributed by atoms with Crippen molar-refractivity contribution in [1.82, 2.24) is 0 Å². The first-order valence-corrected chi connectivity index (χ1v) is 4.53. The van der Waals surface area contributed by atoms with E-state index in [4.69, 9.17) is 9.15 Å². The fourth-order valence-electron chi connectivity index (χ4n) is 1.73. The lowest BCUT2D eigenvalue weighted by Crippen LogP contribution is -2.35. The number of aliphatic carboxylic acids is 1. The lowest BCUT2D eigenvalue weighted by atomic mass is 9.85. The van der Waals surface area contributed by atoms with Gasteiger partial charge < -0.3 is 14.3 Å². The van der Waals surface area contributed by atoms with Crippen LogP contribution >= 0.6 is 0 Å². The molecule has 4 heteroatoms. The van der Waals surface area contributed by atoms with Crippen LogP contribution < -0.4 is 0 Å². The molecule has 1 N–H and O–H groups in total. The van der Waals surface area contributed by atoms with Gasteiger partial charge in [0.15, 0.2) is 5.41 Å². The van der Waals surface area contributed by atoms with E-state index in [0.717, 1.165) is 5.76 Å². The summed E-state index contributed by atoms with van der Waals surface area (Å²) < 4.78 is 10.5. The molecule has 1 fully saturated rings. The maximum atomic E-state index is 11.2. The summed E-state index contributed by atoms with van der Waals surface area (Å²) in [6.07, 6.45) is 0.481. The molecule has 0 saturated carbocycles. The standard InChI is InChI=1S/C10H12O4/c1-7-2-3-8(14-7)10(9(11)12)4-5-13-6-10/h2-3H,4-6H2,1H3,(H,11,12). The van der Waals surface area contributed by atoms with E-state index >= 15 is 0 Å². The molecule has 4 nitrogen and oxygen atoms in total. The third-order valence-corrected chi connectivity index (χ3v) is 2.64. The minimum atomic E-state index is -0.964. The van der Waals surface area contributed by atoms with Crippen LogP contribution in [-0.4, -0.2) is 24.3 Å². The Hall–Kier alpha value is -1.29. The molecule has 0 aliphatic carbocycles. The molecule has 14 heavy (non-hydrogen) atoms. The molecular formula is C10H12O4. The van der Waals surface area contributed by atoms with Crippen LogP contribution in [0.2, 0.25) is 0 Å². The van der Waals surface area contributed by atoms with Crippen molar-refractivity contribution in [2.45, 2.75) is 18.8 Å². The second-order valence-corrected chi connectivity index (χ2v) is 3.60. The topological polar surface area (TPSA) is 59.7 Å². The largest absolute Gasteiger partial charge is 0.480 e. The van der Waals surface area contributed by atoms with E-state index in [1.165, 1.54) is 0 Å². The van der Waals surface area contributed by atoms with Gasteiger partial charge in [-0.25, -0.2) is 0 Å². The summed E-state index contributed by atoms with van der Waals surface area (Å²) in [7, 11) is 0. The van der Waals surface area contributed by atoms with Gasteiger partial charge in [-0.15, -0.1) is 0 Å². The number of rotatable bonds is 2. The van der Waals surface area contributed by atoms with E-state index in [2.05, 4.69) is 0 Å². The summed E-state index contributed by atoms with van der Waals surface area (Å²) in [5.41, 5.74) is -0.964. The van der Waals surface area contributed by atoms with Crippen LogP contribution in [0.4, 0.5) is 0 Å². The van der Waals surface area contributed by atoms with E-state index in [1.54, 1.807) is 19.1 Å². The SMILES string of the molecule is Cc1ccc(C2(C(=O)O)CCOC2)o1. The summed E-state index contributed by atoms with van der Waals surface area (Å²) in [5.74, 6) is 0.358. The fraction of sp³-hybridized carbons (Fsp3) is 0.500. The number of furan rings is 1. The number of hydrogen-bond acceptors (Lipinski definition) is 3. The van der Waals surface area contributed by atoms with Crippen molar-refractivity contribution in [3.63, 3.8) is 0 Å². The van der Waals surface area contributed by atoms with E-state index in [9.17, 15) is 9.90 Å². The molecule has 1 unspecified atom stereocenters. The number of hydrogen-bond donors (Lipinski definition) is 1. The average Bonchev–Trinajstić information content (AvgIpc) is 2.71. The first-order chi connectivity index (χ1) is 6.65. The fourth-order valence-corrected chi connectivity index (χ4v) is 1.73. The second kappa shape index (κ2) is 3.13. The first kappa shape index (κ1) is 9.27. The summed E-state index contributed by atoms with van der Waals surface area (Å²) in [6.45, 7) is 2.48. The first-order valence-electron chi connectivity index (χ1n) is 4.53. The van der Waals surface area contributed by atoms with Gasteiger partial charge in [0.25, 0.3) is 0 Å². The van der Waals surface area contributed by atoms with E-state index in [-0.39, 0.29) is 6.61 Å². The lowest BCUT2D eigenvalue weighted by molar-refractivity contribution is -0.144. The van der Waals surface area contributed by atoms with Crippen molar-refractivity contribution >= 4 is 5.97 Å². The monoisotopic (exact) mass is 196 g/mol. The van der Waals surface area contributed by atoms with Gasteiger partial charge in [0.2, 0.25) is 0 Å². The molecule has 1 aromatic rings. The minimum Gasteiger partial charge on any atom is -0.480 e.